The zero-order valence-electron chi connectivity index (χ0n) is 12.1. The Morgan fingerprint density at radius 2 is 2.50 bits per heavy atom. The molecule has 102 valence electrons. The van der Waals surface area contributed by atoms with Gasteiger partial charge in [0.15, 0.2) is 0 Å². The number of aliphatic imine (C=N–C) groups is 1. The second kappa shape index (κ2) is 5.81. The van der Waals surface area contributed by atoms with E-state index in [2.05, 4.69) is 28.3 Å². The van der Waals surface area contributed by atoms with E-state index in [0.29, 0.717) is 5.92 Å². The van der Waals surface area contributed by atoms with E-state index < -0.39 is 0 Å². The van der Waals surface area contributed by atoms with Gasteiger partial charge in [0.25, 0.3) is 0 Å². The maximum atomic E-state index is 4.56. The molecular formula is C14H20B2N4. The summed E-state index contributed by atoms with van der Waals surface area (Å²) < 4.78 is 2.00. The Labute approximate surface area is 121 Å². The zero-order valence-corrected chi connectivity index (χ0v) is 12.1. The van der Waals surface area contributed by atoms with Gasteiger partial charge in [-0.15, -0.1) is 0 Å². The number of fused-ring (bicyclic) bond motifs is 1. The monoisotopic (exact) mass is 266 g/mol. The van der Waals surface area contributed by atoms with Gasteiger partial charge in [-0.25, -0.2) is 0 Å². The topological polar surface area (TPSA) is 42.2 Å². The molecule has 3 atom stereocenters. The molecule has 1 aromatic rings. The molecule has 1 saturated carbocycles. The molecule has 1 N–H and O–H groups in total. The van der Waals surface area contributed by atoms with Crippen LogP contribution in [0.2, 0.25) is 13.1 Å². The van der Waals surface area contributed by atoms with E-state index in [1.165, 1.54) is 12.1 Å². The molecule has 1 aromatic heterocycles. The fourth-order valence-corrected chi connectivity index (χ4v) is 3.11. The zero-order chi connectivity index (χ0) is 13.9. The third-order valence-corrected chi connectivity index (χ3v) is 4.33. The van der Waals surface area contributed by atoms with E-state index >= 15 is 0 Å². The summed E-state index contributed by atoms with van der Waals surface area (Å²) in [5, 5.41) is 7.83. The normalized spacial score (nSPS) is 27.5. The second-order valence-electron chi connectivity index (χ2n) is 5.69. The van der Waals surface area contributed by atoms with Crippen molar-refractivity contribution in [1.29, 1.82) is 0 Å². The molecule has 0 aromatic carbocycles. The molecule has 0 bridgehead atoms. The van der Waals surface area contributed by atoms with Crippen LogP contribution in [0.15, 0.2) is 35.7 Å². The predicted molar refractivity (Wildman–Crippen MR) is 86.3 cm³/mol. The summed E-state index contributed by atoms with van der Waals surface area (Å²) in [5.41, 5.74) is 1.26. The SMILES string of the molecule is CB=CNB(CC1C(C)=NC=CC2CC21)n1cccn1. The van der Waals surface area contributed by atoms with E-state index in [1.807, 2.05) is 49.1 Å². The van der Waals surface area contributed by atoms with Gasteiger partial charge in [0.2, 0.25) is 0 Å². The average Bonchev–Trinajstić information content (AvgIpc) is 3.01. The fourth-order valence-electron chi connectivity index (χ4n) is 3.11. The van der Waals surface area contributed by atoms with Crippen molar-refractivity contribution in [3.63, 3.8) is 0 Å². The van der Waals surface area contributed by atoms with Gasteiger partial charge in [0.05, 0.1) is 0 Å². The first-order valence-electron chi connectivity index (χ1n) is 7.37. The molecule has 1 aliphatic heterocycles. The van der Waals surface area contributed by atoms with E-state index in [4.69, 9.17) is 0 Å². The Morgan fingerprint density at radius 3 is 3.25 bits per heavy atom. The van der Waals surface area contributed by atoms with Crippen molar-refractivity contribution >= 4 is 25.7 Å². The first-order chi connectivity index (χ1) is 9.79. The average molecular weight is 266 g/mol. The fraction of sp³-hybridized carbons (Fsp3) is 0.500. The van der Waals surface area contributed by atoms with Crippen LogP contribution < -0.4 is 5.23 Å². The van der Waals surface area contributed by atoms with E-state index in [1.54, 1.807) is 0 Å². The molecule has 0 saturated heterocycles. The summed E-state index contributed by atoms with van der Waals surface area (Å²) in [6.45, 7) is 6.39. The summed E-state index contributed by atoms with van der Waals surface area (Å²) in [7, 11) is 0. The summed E-state index contributed by atoms with van der Waals surface area (Å²) in [5.74, 6) is 2.05. The molecular weight excluding hydrogens is 246 g/mol. The van der Waals surface area contributed by atoms with Crippen molar-refractivity contribution in [2.24, 2.45) is 22.7 Å². The first-order valence-corrected chi connectivity index (χ1v) is 7.37. The van der Waals surface area contributed by atoms with E-state index in [0.717, 1.165) is 18.2 Å². The summed E-state index contributed by atoms with van der Waals surface area (Å²) >= 11 is 0. The minimum atomic E-state index is 0.190. The number of nitrogens with one attached hydrogen (secondary N) is 1. The number of hydrogen-bond donors (Lipinski definition) is 1. The molecule has 4 nitrogen and oxygen atoms in total. The minimum absolute atomic E-state index is 0.190. The number of allylic oxidation sites excluding steroid dienone is 1. The molecule has 2 heterocycles. The molecule has 0 spiro atoms. The number of aromatic nitrogens is 2. The maximum absolute atomic E-state index is 4.56. The Bertz CT molecular complexity index is 535. The van der Waals surface area contributed by atoms with Gasteiger partial charge in [0, 0.05) is 0 Å². The third kappa shape index (κ3) is 2.79. The Balaban J connectivity index is 1.75. The van der Waals surface area contributed by atoms with Crippen molar-refractivity contribution in [3.05, 3.63) is 30.7 Å². The van der Waals surface area contributed by atoms with Crippen LogP contribution in [0.4, 0.5) is 0 Å². The summed E-state index contributed by atoms with van der Waals surface area (Å²) in [4.78, 5) is 4.56. The van der Waals surface area contributed by atoms with E-state index in [-0.39, 0.29) is 6.98 Å². The van der Waals surface area contributed by atoms with Crippen molar-refractivity contribution in [2.75, 3.05) is 0 Å². The Hall–Kier alpha value is -1.58. The molecule has 1 fully saturated rings. The third-order valence-electron chi connectivity index (χ3n) is 4.33. The molecule has 3 unspecified atom stereocenters. The predicted octanol–water partition coefficient (Wildman–Crippen LogP) is 1.56. The number of hydrogen-bond acceptors (Lipinski definition) is 3. The molecule has 2 aliphatic rings. The van der Waals surface area contributed by atoms with Crippen LogP contribution in [0.1, 0.15) is 13.3 Å². The molecule has 0 amide bonds. The van der Waals surface area contributed by atoms with Crippen LogP contribution in [-0.4, -0.2) is 35.4 Å². The van der Waals surface area contributed by atoms with Crippen LogP contribution in [0.5, 0.6) is 0 Å². The van der Waals surface area contributed by atoms with Crippen molar-refractivity contribution in [3.8, 4) is 0 Å². The van der Waals surface area contributed by atoms with Crippen LogP contribution in [0.3, 0.4) is 0 Å². The van der Waals surface area contributed by atoms with Crippen molar-refractivity contribution < 1.29 is 0 Å². The molecule has 6 heteroatoms. The van der Waals surface area contributed by atoms with Gasteiger partial charge < -0.3 is 0 Å². The first kappa shape index (κ1) is 13.4. The molecule has 20 heavy (non-hydrogen) atoms. The van der Waals surface area contributed by atoms with Crippen molar-refractivity contribution in [1.82, 2.24) is 14.9 Å². The summed E-state index contributed by atoms with van der Waals surface area (Å²) in [6.07, 6.45) is 12.4. The van der Waals surface area contributed by atoms with Gasteiger partial charge in [-0.1, -0.05) is 0 Å². The van der Waals surface area contributed by atoms with Gasteiger partial charge in [-0.2, -0.15) is 0 Å². The summed E-state index contributed by atoms with van der Waals surface area (Å²) in [6, 6.07) is 1.97. The van der Waals surface area contributed by atoms with Crippen LogP contribution in [0, 0.1) is 17.8 Å². The van der Waals surface area contributed by atoms with Gasteiger partial charge >= 0.3 is 121 Å². The van der Waals surface area contributed by atoms with Crippen LogP contribution in [-0.2, 0) is 0 Å². The Morgan fingerprint density at radius 1 is 1.60 bits per heavy atom. The van der Waals surface area contributed by atoms with E-state index in [9.17, 15) is 0 Å². The second-order valence-corrected chi connectivity index (χ2v) is 5.69. The number of nitrogens with zero attached hydrogens (tertiary/aromatic N) is 3. The Kier molecular flexibility index (Phi) is 3.90. The van der Waals surface area contributed by atoms with Crippen LogP contribution in [0.25, 0.3) is 0 Å². The van der Waals surface area contributed by atoms with Crippen molar-refractivity contribution in [2.45, 2.75) is 26.5 Å². The van der Waals surface area contributed by atoms with Gasteiger partial charge in [-0.05, 0) is 0 Å². The van der Waals surface area contributed by atoms with Gasteiger partial charge in [-0.3, -0.25) is 0 Å². The molecule has 0 radical (unpaired) electrons. The molecule has 1 aliphatic carbocycles. The molecule has 3 rings (SSSR count). The van der Waals surface area contributed by atoms with Crippen LogP contribution >= 0.6 is 0 Å². The number of rotatable bonds is 5. The quantitative estimate of drug-likeness (QED) is 0.822. The standard InChI is InChI=1S/C14H20B2N4/c1-11-14(13-8-12(13)4-6-17-11)9-16(18-10-15-2)20-7-3-5-19-20/h3-7,10,12-14,18H,8-9H2,1-2H3. The van der Waals surface area contributed by atoms with Gasteiger partial charge in [0.1, 0.15) is 0 Å².